The first kappa shape index (κ1) is 17.4. The largest absolute Gasteiger partial charge is 0.491 e. The van der Waals surface area contributed by atoms with Gasteiger partial charge in [0.25, 0.3) is 0 Å². The second-order valence-electron chi connectivity index (χ2n) is 4.62. The minimum Gasteiger partial charge on any atom is -0.491 e. The van der Waals surface area contributed by atoms with E-state index in [1.54, 1.807) is 4.90 Å². The third-order valence-corrected chi connectivity index (χ3v) is 3.03. The maximum absolute atomic E-state index is 12.7. The van der Waals surface area contributed by atoms with Gasteiger partial charge in [0.05, 0.1) is 6.54 Å². The highest BCUT2D eigenvalue weighted by Gasteiger charge is 2.10. The fraction of sp³-hybridized carbons (Fsp3) is 0.533. The second kappa shape index (κ2) is 9.31. The summed E-state index contributed by atoms with van der Waals surface area (Å²) in [4.78, 5) is 13.4. The van der Waals surface area contributed by atoms with Crippen LogP contribution < -0.4 is 10.1 Å². The molecular weight excluding hydrogens is 275 g/mol. The maximum atomic E-state index is 12.7. The van der Waals surface area contributed by atoms with Crippen molar-refractivity contribution >= 4 is 5.91 Å². The van der Waals surface area contributed by atoms with Crippen LogP contribution >= 0.6 is 0 Å². The van der Waals surface area contributed by atoms with Crippen LogP contribution in [0.4, 0.5) is 4.39 Å². The van der Waals surface area contributed by atoms with Crippen LogP contribution in [-0.4, -0.2) is 54.8 Å². The van der Waals surface area contributed by atoms with Crippen LogP contribution in [0.2, 0.25) is 0 Å². The Labute approximate surface area is 124 Å². The van der Waals surface area contributed by atoms with E-state index in [1.807, 2.05) is 13.8 Å². The molecule has 0 aliphatic rings. The molecule has 0 aliphatic heterocycles. The number of carbonyl (C=O) groups is 1. The number of nitrogens with zero attached hydrogens (tertiary/aromatic N) is 1. The van der Waals surface area contributed by atoms with Crippen LogP contribution in [0.15, 0.2) is 24.3 Å². The van der Waals surface area contributed by atoms with Crippen molar-refractivity contribution in [2.75, 3.05) is 32.8 Å². The van der Waals surface area contributed by atoms with Gasteiger partial charge in [-0.2, -0.15) is 0 Å². The summed E-state index contributed by atoms with van der Waals surface area (Å²) >= 11 is 0. The molecule has 0 radical (unpaired) electrons. The van der Waals surface area contributed by atoms with E-state index in [-0.39, 0.29) is 31.4 Å². The quantitative estimate of drug-likeness (QED) is 0.715. The Morgan fingerprint density at radius 2 is 1.95 bits per heavy atom. The third kappa shape index (κ3) is 6.55. The molecule has 1 aromatic rings. The Bertz CT molecular complexity index is 421. The number of carbonyl (C=O) groups excluding carboxylic acids is 1. The lowest BCUT2D eigenvalue weighted by Gasteiger charge is -2.19. The van der Waals surface area contributed by atoms with Crippen LogP contribution in [0, 0.1) is 5.82 Å². The predicted molar refractivity (Wildman–Crippen MR) is 78.7 cm³/mol. The zero-order valence-corrected chi connectivity index (χ0v) is 12.5. The SMILES string of the molecule is CCN(CC)C(=O)CNCC(O)COc1ccc(F)cc1. The van der Waals surface area contributed by atoms with Crippen molar-refractivity contribution < 1.29 is 19.0 Å². The number of benzene rings is 1. The molecule has 6 heteroatoms. The Kier molecular flexibility index (Phi) is 7.71. The van der Waals surface area contributed by atoms with Gasteiger partial charge in [-0.1, -0.05) is 0 Å². The van der Waals surface area contributed by atoms with Crippen molar-refractivity contribution in [1.82, 2.24) is 10.2 Å². The minimum absolute atomic E-state index is 0.00616. The highest BCUT2D eigenvalue weighted by Crippen LogP contribution is 2.11. The first-order valence-electron chi connectivity index (χ1n) is 7.11. The van der Waals surface area contributed by atoms with Gasteiger partial charge in [-0.25, -0.2) is 4.39 Å². The summed E-state index contributed by atoms with van der Waals surface area (Å²) in [5.41, 5.74) is 0. The van der Waals surface area contributed by atoms with Gasteiger partial charge in [-0.3, -0.25) is 4.79 Å². The normalized spacial score (nSPS) is 12.0. The maximum Gasteiger partial charge on any atom is 0.236 e. The molecule has 0 heterocycles. The molecule has 1 aromatic carbocycles. The Morgan fingerprint density at radius 3 is 2.52 bits per heavy atom. The van der Waals surface area contributed by atoms with Crippen LogP contribution in [0.1, 0.15) is 13.8 Å². The average Bonchev–Trinajstić information content (AvgIpc) is 2.48. The summed E-state index contributed by atoms with van der Waals surface area (Å²) in [5, 5.41) is 12.6. The average molecular weight is 298 g/mol. The van der Waals surface area contributed by atoms with Crippen LogP contribution in [0.5, 0.6) is 5.75 Å². The number of amides is 1. The van der Waals surface area contributed by atoms with E-state index in [2.05, 4.69) is 5.32 Å². The van der Waals surface area contributed by atoms with E-state index in [4.69, 9.17) is 4.74 Å². The highest BCUT2D eigenvalue weighted by atomic mass is 19.1. The molecule has 2 N–H and O–H groups in total. The number of likely N-dealkylation sites (N-methyl/N-ethyl adjacent to an activating group) is 1. The second-order valence-corrected chi connectivity index (χ2v) is 4.62. The van der Waals surface area contributed by atoms with Crippen molar-refractivity contribution in [1.29, 1.82) is 0 Å². The molecule has 0 fully saturated rings. The van der Waals surface area contributed by atoms with E-state index in [0.717, 1.165) is 0 Å². The number of halogens is 1. The third-order valence-electron chi connectivity index (χ3n) is 3.03. The van der Waals surface area contributed by atoms with Crippen molar-refractivity contribution in [3.05, 3.63) is 30.1 Å². The molecule has 1 rings (SSSR count). The molecule has 0 aromatic heterocycles. The first-order valence-corrected chi connectivity index (χ1v) is 7.11. The number of aliphatic hydroxyl groups excluding tert-OH is 1. The van der Waals surface area contributed by atoms with Gasteiger partial charge >= 0.3 is 0 Å². The van der Waals surface area contributed by atoms with Gasteiger partial charge in [0.15, 0.2) is 0 Å². The molecule has 0 aliphatic carbocycles. The van der Waals surface area contributed by atoms with Gasteiger partial charge in [0.1, 0.15) is 24.3 Å². The molecule has 0 spiro atoms. The Hall–Kier alpha value is -1.66. The molecule has 1 unspecified atom stereocenters. The summed E-state index contributed by atoms with van der Waals surface area (Å²) < 4.78 is 18.0. The molecule has 21 heavy (non-hydrogen) atoms. The number of hydrogen-bond acceptors (Lipinski definition) is 4. The Morgan fingerprint density at radius 1 is 1.33 bits per heavy atom. The summed E-state index contributed by atoms with van der Waals surface area (Å²) in [5.74, 6) is 0.167. The van der Waals surface area contributed by atoms with Crippen molar-refractivity contribution in [3.63, 3.8) is 0 Å². The lowest BCUT2D eigenvalue weighted by atomic mass is 10.3. The molecule has 0 bridgehead atoms. The summed E-state index contributed by atoms with van der Waals surface area (Å²) in [7, 11) is 0. The number of aliphatic hydroxyl groups is 1. The monoisotopic (exact) mass is 298 g/mol. The predicted octanol–water partition coefficient (Wildman–Crippen LogP) is 1.02. The van der Waals surface area contributed by atoms with E-state index in [0.29, 0.717) is 18.8 Å². The first-order chi connectivity index (χ1) is 10.1. The number of hydrogen-bond donors (Lipinski definition) is 2. The molecule has 1 amide bonds. The Balaban J connectivity index is 2.20. The lowest BCUT2D eigenvalue weighted by Crippen LogP contribution is -2.41. The van der Waals surface area contributed by atoms with Crippen LogP contribution in [-0.2, 0) is 4.79 Å². The lowest BCUT2D eigenvalue weighted by molar-refractivity contribution is -0.129. The van der Waals surface area contributed by atoms with Gasteiger partial charge in [0, 0.05) is 19.6 Å². The van der Waals surface area contributed by atoms with Crippen molar-refractivity contribution in [3.8, 4) is 5.75 Å². The van der Waals surface area contributed by atoms with E-state index < -0.39 is 6.10 Å². The van der Waals surface area contributed by atoms with E-state index >= 15 is 0 Å². The standard InChI is InChI=1S/C15H23FN2O3/c1-3-18(4-2)15(20)10-17-9-13(19)11-21-14-7-5-12(16)6-8-14/h5-8,13,17,19H,3-4,9-11H2,1-2H3. The molecular formula is C15H23FN2O3. The molecule has 0 saturated heterocycles. The summed E-state index contributed by atoms with van der Waals surface area (Å²) in [6.07, 6.45) is -0.737. The topological polar surface area (TPSA) is 61.8 Å². The number of nitrogens with one attached hydrogen (secondary N) is 1. The van der Waals surface area contributed by atoms with Crippen molar-refractivity contribution in [2.45, 2.75) is 20.0 Å². The van der Waals surface area contributed by atoms with E-state index in [1.165, 1.54) is 24.3 Å². The van der Waals surface area contributed by atoms with Gasteiger partial charge in [-0.15, -0.1) is 0 Å². The fourth-order valence-corrected chi connectivity index (χ4v) is 1.82. The van der Waals surface area contributed by atoms with Crippen LogP contribution in [0.25, 0.3) is 0 Å². The van der Waals surface area contributed by atoms with E-state index in [9.17, 15) is 14.3 Å². The summed E-state index contributed by atoms with van der Waals surface area (Å²) in [6.45, 7) is 5.72. The number of ether oxygens (including phenoxy) is 1. The smallest absolute Gasteiger partial charge is 0.236 e. The zero-order valence-electron chi connectivity index (χ0n) is 12.5. The molecule has 0 saturated carbocycles. The molecule has 5 nitrogen and oxygen atoms in total. The highest BCUT2D eigenvalue weighted by molar-refractivity contribution is 5.78. The fourth-order valence-electron chi connectivity index (χ4n) is 1.82. The molecule has 118 valence electrons. The number of rotatable bonds is 9. The van der Waals surface area contributed by atoms with Gasteiger partial charge < -0.3 is 20.1 Å². The van der Waals surface area contributed by atoms with Crippen LogP contribution in [0.3, 0.4) is 0 Å². The minimum atomic E-state index is -0.737. The summed E-state index contributed by atoms with van der Waals surface area (Å²) in [6, 6.07) is 5.59. The van der Waals surface area contributed by atoms with Crippen molar-refractivity contribution in [2.24, 2.45) is 0 Å². The zero-order chi connectivity index (χ0) is 15.7. The van der Waals surface area contributed by atoms with Gasteiger partial charge in [-0.05, 0) is 38.1 Å². The molecule has 1 atom stereocenters. The van der Waals surface area contributed by atoms with Gasteiger partial charge in [0.2, 0.25) is 5.91 Å².